The lowest BCUT2D eigenvalue weighted by Gasteiger charge is -2.41. The van der Waals surface area contributed by atoms with Gasteiger partial charge in [0.15, 0.2) is 0 Å². The normalized spacial score (nSPS) is 24.8. The molecule has 4 aromatic carbocycles. The Morgan fingerprint density at radius 2 is 1.44 bits per heavy atom. The summed E-state index contributed by atoms with van der Waals surface area (Å²) in [4.78, 5) is 2.57. The van der Waals surface area contributed by atoms with E-state index < -0.39 is 0 Å². The number of allylic oxidation sites excluding steroid dienone is 6. The topological polar surface area (TPSA) is 15.3 Å². The van der Waals surface area contributed by atoms with Crippen molar-refractivity contribution in [1.29, 1.82) is 0 Å². The van der Waals surface area contributed by atoms with Gasteiger partial charge in [-0.25, -0.2) is 0 Å². The van der Waals surface area contributed by atoms with Crippen molar-refractivity contribution < 1.29 is 0 Å². The van der Waals surface area contributed by atoms with E-state index in [4.69, 9.17) is 0 Å². The van der Waals surface area contributed by atoms with Crippen LogP contribution in [-0.4, -0.2) is 6.17 Å². The molecular formula is C39H32N2. The molecule has 0 saturated carbocycles. The van der Waals surface area contributed by atoms with E-state index >= 15 is 0 Å². The molecule has 4 aromatic rings. The van der Waals surface area contributed by atoms with Crippen LogP contribution >= 0.6 is 0 Å². The maximum atomic E-state index is 3.92. The van der Waals surface area contributed by atoms with Crippen molar-refractivity contribution in [1.82, 2.24) is 0 Å². The summed E-state index contributed by atoms with van der Waals surface area (Å²) < 4.78 is 0. The van der Waals surface area contributed by atoms with Gasteiger partial charge in [-0.2, -0.15) is 0 Å². The van der Waals surface area contributed by atoms with E-state index in [2.05, 4.69) is 138 Å². The average molecular weight is 529 g/mol. The molecule has 2 aliphatic heterocycles. The quantitative estimate of drug-likeness (QED) is 0.279. The molecule has 2 heteroatoms. The summed E-state index contributed by atoms with van der Waals surface area (Å²) >= 11 is 0. The van der Waals surface area contributed by atoms with Crippen molar-refractivity contribution in [2.75, 3.05) is 10.2 Å². The third kappa shape index (κ3) is 3.43. The van der Waals surface area contributed by atoms with E-state index in [1.807, 2.05) is 0 Å². The van der Waals surface area contributed by atoms with E-state index in [0.29, 0.717) is 17.8 Å². The van der Waals surface area contributed by atoms with Gasteiger partial charge in [0.1, 0.15) is 6.17 Å². The van der Waals surface area contributed by atoms with Gasteiger partial charge in [-0.15, -0.1) is 0 Å². The Labute approximate surface area is 242 Å². The van der Waals surface area contributed by atoms with Gasteiger partial charge in [0.25, 0.3) is 0 Å². The van der Waals surface area contributed by atoms with E-state index in [9.17, 15) is 0 Å². The molecule has 0 bridgehead atoms. The van der Waals surface area contributed by atoms with Crippen LogP contribution in [0.25, 0.3) is 5.57 Å². The number of hydrogen-bond donors (Lipinski definition) is 1. The first-order valence-corrected chi connectivity index (χ1v) is 15.1. The Kier molecular flexibility index (Phi) is 5.07. The fourth-order valence-corrected chi connectivity index (χ4v) is 8.14. The van der Waals surface area contributed by atoms with Gasteiger partial charge in [-0.1, -0.05) is 109 Å². The molecule has 4 unspecified atom stereocenters. The zero-order chi connectivity index (χ0) is 26.9. The number of benzene rings is 4. The average Bonchev–Trinajstić information content (AvgIpc) is 3.44. The fourth-order valence-electron chi connectivity index (χ4n) is 8.14. The first kappa shape index (κ1) is 23.2. The monoisotopic (exact) mass is 528 g/mol. The summed E-state index contributed by atoms with van der Waals surface area (Å²) in [5.41, 5.74) is 15.3. The third-order valence-corrected chi connectivity index (χ3v) is 9.96. The van der Waals surface area contributed by atoms with Crippen molar-refractivity contribution in [3.05, 3.63) is 166 Å². The Morgan fingerprint density at radius 3 is 2.29 bits per heavy atom. The summed E-state index contributed by atoms with van der Waals surface area (Å²) in [6.07, 6.45) is 15.1. The molecule has 2 nitrogen and oxygen atoms in total. The number of anilines is 3. The molecule has 0 radical (unpaired) electrons. The van der Waals surface area contributed by atoms with E-state index in [-0.39, 0.29) is 6.17 Å². The van der Waals surface area contributed by atoms with E-state index in [1.165, 1.54) is 68.0 Å². The van der Waals surface area contributed by atoms with Crippen LogP contribution in [0, 0.1) is 5.92 Å². The van der Waals surface area contributed by atoms with Gasteiger partial charge in [-0.3, -0.25) is 0 Å². The van der Waals surface area contributed by atoms with Crippen molar-refractivity contribution in [3.63, 3.8) is 0 Å². The number of hydrogen-bond acceptors (Lipinski definition) is 2. The molecule has 198 valence electrons. The molecular weight excluding hydrogens is 496 g/mol. The summed E-state index contributed by atoms with van der Waals surface area (Å²) in [5.74, 6) is 1.33. The number of fused-ring (bicyclic) bond motifs is 10. The molecule has 5 aliphatic rings. The molecule has 0 spiro atoms. The van der Waals surface area contributed by atoms with Crippen LogP contribution in [0.2, 0.25) is 0 Å². The second-order valence-electron chi connectivity index (χ2n) is 12.0. The first-order chi connectivity index (χ1) is 20.3. The van der Waals surface area contributed by atoms with Gasteiger partial charge in [-0.05, 0) is 70.9 Å². The van der Waals surface area contributed by atoms with Crippen LogP contribution in [0.5, 0.6) is 0 Å². The highest BCUT2D eigenvalue weighted by molar-refractivity contribution is 6.00. The summed E-state index contributed by atoms with van der Waals surface area (Å²) in [6.45, 7) is 0. The highest BCUT2D eigenvalue weighted by Crippen LogP contribution is 2.55. The Morgan fingerprint density at radius 1 is 0.683 bits per heavy atom. The van der Waals surface area contributed by atoms with Gasteiger partial charge in [0.05, 0.1) is 17.1 Å². The lowest BCUT2D eigenvalue weighted by molar-refractivity contribution is 0.565. The van der Waals surface area contributed by atoms with E-state index in [1.54, 1.807) is 0 Å². The molecule has 0 fully saturated rings. The Hall–Kier alpha value is -4.56. The zero-order valence-corrected chi connectivity index (χ0v) is 23.0. The van der Waals surface area contributed by atoms with Crippen LogP contribution in [-0.2, 0) is 0 Å². The fraction of sp³-hybridized carbons (Fsp3) is 0.179. The molecule has 2 heterocycles. The van der Waals surface area contributed by atoms with Crippen molar-refractivity contribution in [2.45, 2.75) is 37.3 Å². The second-order valence-corrected chi connectivity index (χ2v) is 12.0. The maximum absolute atomic E-state index is 3.92. The summed E-state index contributed by atoms with van der Waals surface area (Å²) in [7, 11) is 0. The van der Waals surface area contributed by atoms with Gasteiger partial charge < -0.3 is 10.2 Å². The SMILES string of the molecule is C1=CC2=C3C(=CCC2C=C1)c1ccc(C2CCC(c4ccccc4)c4ccccc42)cc1N1c2ccccc2NC31. The molecule has 0 amide bonds. The number of nitrogens with zero attached hydrogens (tertiary/aromatic N) is 1. The number of para-hydroxylation sites is 2. The van der Waals surface area contributed by atoms with Crippen LogP contribution in [0.4, 0.5) is 17.1 Å². The molecule has 41 heavy (non-hydrogen) atoms. The van der Waals surface area contributed by atoms with Crippen LogP contribution in [0.1, 0.15) is 58.9 Å². The zero-order valence-electron chi connectivity index (χ0n) is 23.0. The molecule has 0 saturated heterocycles. The standard InChI is InChI=1S/C39H32N2/c1-2-10-25(11-3-1)28-22-23-29(32-15-7-6-14-31(28)32)27-19-20-33-34-21-18-26-12-4-5-13-30(26)38(34)39-40-35-16-8-9-17-36(35)41(39)37(33)24-27/h1-17,19-21,24,26,28-29,39-40H,18,22-23H2. The van der Waals surface area contributed by atoms with Gasteiger partial charge in [0, 0.05) is 28.9 Å². The third-order valence-electron chi connectivity index (χ3n) is 9.96. The summed E-state index contributed by atoms with van der Waals surface area (Å²) in [5, 5.41) is 3.92. The van der Waals surface area contributed by atoms with Gasteiger partial charge in [0.2, 0.25) is 0 Å². The first-order valence-electron chi connectivity index (χ1n) is 15.1. The second kappa shape index (κ2) is 8.97. The maximum Gasteiger partial charge on any atom is 0.131 e. The molecule has 1 N–H and O–H groups in total. The lowest BCUT2D eigenvalue weighted by atomic mass is 9.71. The largest absolute Gasteiger partial charge is 0.359 e. The van der Waals surface area contributed by atoms with Crippen LogP contribution in [0.15, 0.2) is 139 Å². The van der Waals surface area contributed by atoms with Crippen molar-refractivity contribution in [2.24, 2.45) is 5.92 Å². The molecule has 3 aliphatic carbocycles. The Balaban J connectivity index is 1.19. The minimum atomic E-state index is 0.108. The minimum absolute atomic E-state index is 0.108. The lowest BCUT2D eigenvalue weighted by Crippen LogP contribution is -2.40. The predicted molar refractivity (Wildman–Crippen MR) is 170 cm³/mol. The minimum Gasteiger partial charge on any atom is -0.359 e. The number of rotatable bonds is 2. The smallest absolute Gasteiger partial charge is 0.131 e. The van der Waals surface area contributed by atoms with Crippen molar-refractivity contribution in [3.8, 4) is 0 Å². The van der Waals surface area contributed by atoms with Gasteiger partial charge >= 0.3 is 0 Å². The molecule has 4 atom stereocenters. The summed E-state index contributed by atoms with van der Waals surface area (Å²) in [6, 6.07) is 36.4. The van der Waals surface area contributed by atoms with E-state index in [0.717, 1.165) is 12.8 Å². The van der Waals surface area contributed by atoms with Crippen LogP contribution in [0.3, 0.4) is 0 Å². The highest BCUT2D eigenvalue weighted by atomic mass is 15.3. The highest BCUT2D eigenvalue weighted by Gasteiger charge is 2.43. The number of nitrogens with one attached hydrogen (secondary N) is 1. The Bertz CT molecular complexity index is 1820. The van der Waals surface area contributed by atoms with Crippen LogP contribution < -0.4 is 10.2 Å². The molecule has 0 aromatic heterocycles. The molecule has 9 rings (SSSR count). The van der Waals surface area contributed by atoms with Crippen molar-refractivity contribution >= 4 is 22.6 Å². The predicted octanol–water partition coefficient (Wildman–Crippen LogP) is 9.47.